The molecule has 1 amide bonds. The number of amides is 1. The molecule has 10 nitrogen and oxygen atoms in total. The monoisotopic (exact) mass is 718 g/mol. The maximum absolute atomic E-state index is 13.8. The highest BCUT2D eigenvalue weighted by atomic mass is 32.2. The Hall–Kier alpha value is -3.78. The van der Waals surface area contributed by atoms with Gasteiger partial charge in [0, 0.05) is 24.4 Å². The highest BCUT2D eigenvalue weighted by molar-refractivity contribution is 7.90. The van der Waals surface area contributed by atoms with Crippen LogP contribution in [0.1, 0.15) is 60.5 Å². The first-order valence-electron chi connectivity index (χ1n) is 14.4. The van der Waals surface area contributed by atoms with Crippen molar-refractivity contribution in [3.63, 3.8) is 0 Å². The van der Waals surface area contributed by atoms with E-state index < -0.39 is 81.1 Å². The minimum atomic E-state index is -5.15. The Kier molecular flexibility index (Phi) is 10.5. The third-order valence-electron chi connectivity index (χ3n) is 7.53. The maximum Gasteiger partial charge on any atom is 0.416 e. The predicted molar refractivity (Wildman–Crippen MR) is 154 cm³/mol. The lowest BCUT2D eigenvalue weighted by atomic mass is 9.89. The van der Waals surface area contributed by atoms with E-state index in [9.17, 15) is 52.7 Å². The van der Waals surface area contributed by atoms with Crippen molar-refractivity contribution in [3.05, 3.63) is 64.2 Å². The molecule has 2 atom stereocenters. The quantitative estimate of drug-likeness (QED) is 0.317. The van der Waals surface area contributed by atoms with Gasteiger partial charge in [-0.1, -0.05) is 6.92 Å². The Morgan fingerprint density at radius 1 is 0.938 bits per heavy atom. The number of halogens is 9. The second-order valence-corrected chi connectivity index (χ2v) is 13.3. The number of ether oxygens (including phenoxy) is 1. The summed E-state index contributed by atoms with van der Waals surface area (Å²) in [5.74, 6) is -0.752. The summed E-state index contributed by atoms with van der Waals surface area (Å²) in [5, 5.41) is 2.11. The first-order valence-corrected chi connectivity index (χ1v) is 16.5. The van der Waals surface area contributed by atoms with Crippen LogP contribution in [-0.2, 0) is 39.6 Å². The number of sulfone groups is 1. The van der Waals surface area contributed by atoms with Gasteiger partial charge in [0.15, 0.2) is 0 Å². The van der Waals surface area contributed by atoms with Gasteiger partial charge in [0.2, 0.25) is 5.96 Å². The van der Waals surface area contributed by atoms with Crippen molar-refractivity contribution < 1.29 is 57.5 Å². The van der Waals surface area contributed by atoms with Crippen LogP contribution >= 0.6 is 0 Å². The number of anilines is 1. The lowest BCUT2D eigenvalue weighted by molar-refractivity contribution is -0.143. The summed E-state index contributed by atoms with van der Waals surface area (Å²) in [5.41, 5.74) is 0.464. The largest absolute Gasteiger partial charge is 0.449 e. The van der Waals surface area contributed by atoms with Gasteiger partial charge >= 0.3 is 24.6 Å². The lowest BCUT2D eigenvalue weighted by Gasteiger charge is -2.39. The van der Waals surface area contributed by atoms with Crippen molar-refractivity contribution in [1.29, 1.82) is 0 Å². The molecule has 1 fully saturated rings. The van der Waals surface area contributed by atoms with Gasteiger partial charge in [-0.3, -0.25) is 15.3 Å². The molecule has 2 aliphatic heterocycles. The van der Waals surface area contributed by atoms with Crippen LogP contribution < -0.4 is 15.9 Å². The highest BCUT2D eigenvalue weighted by Gasteiger charge is 2.41. The van der Waals surface area contributed by atoms with Gasteiger partial charge in [-0.25, -0.2) is 18.2 Å². The third-order valence-corrected chi connectivity index (χ3v) is 8.46. The fraction of sp³-hybridized carbons (Fsp3) is 0.500. The van der Waals surface area contributed by atoms with Crippen molar-refractivity contribution in [2.75, 3.05) is 30.1 Å². The average molecular weight is 719 g/mol. The second-order valence-electron chi connectivity index (χ2n) is 11.1. The van der Waals surface area contributed by atoms with Crippen molar-refractivity contribution in [3.8, 4) is 0 Å². The van der Waals surface area contributed by atoms with E-state index in [4.69, 9.17) is 4.74 Å². The van der Waals surface area contributed by atoms with E-state index in [1.54, 1.807) is 13.8 Å². The number of alkyl halides is 9. The Balaban J connectivity index is 1.84. The molecule has 20 heteroatoms. The molecule has 2 N–H and O–H groups in total. The molecule has 0 saturated carbocycles. The average Bonchev–Trinajstić information content (AvgIpc) is 3.34. The van der Waals surface area contributed by atoms with Crippen LogP contribution in [0.3, 0.4) is 0 Å². The number of hydrazine groups is 3. The molecule has 0 spiro atoms. The zero-order valence-corrected chi connectivity index (χ0v) is 26.4. The molecule has 2 aromatic rings. The van der Waals surface area contributed by atoms with Crippen LogP contribution in [0.25, 0.3) is 0 Å². The van der Waals surface area contributed by atoms with Crippen LogP contribution in [0.5, 0.6) is 0 Å². The van der Waals surface area contributed by atoms with E-state index in [-0.39, 0.29) is 42.8 Å². The number of carbonyl (C=O) groups excluding carboxylic acids is 1. The molecular weight excluding hydrogens is 687 g/mol. The van der Waals surface area contributed by atoms with Gasteiger partial charge in [0.1, 0.15) is 9.84 Å². The number of guanidine groups is 1. The van der Waals surface area contributed by atoms with Crippen molar-refractivity contribution in [2.24, 2.45) is 4.99 Å². The smallest absolute Gasteiger partial charge is 0.416 e. The maximum atomic E-state index is 13.8. The minimum absolute atomic E-state index is 0.0209. The first kappa shape index (κ1) is 37.0. The fourth-order valence-corrected chi connectivity index (χ4v) is 5.79. The molecule has 0 unspecified atom stereocenters. The summed E-state index contributed by atoms with van der Waals surface area (Å²) < 4.78 is 152. The van der Waals surface area contributed by atoms with Crippen molar-refractivity contribution >= 4 is 27.6 Å². The number of rotatable bonds is 8. The molecule has 266 valence electrons. The molecule has 0 bridgehead atoms. The van der Waals surface area contributed by atoms with E-state index in [1.807, 2.05) is 0 Å². The normalized spacial score (nSPS) is 20.2. The molecular formula is C28H31F9N6O4S. The van der Waals surface area contributed by atoms with Crippen LogP contribution in [0.2, 0.25) is 0 Å². The summed E-state index contributed by atoms with van der Waals surface area (Å²) in [4.78, 5) is 18.7. The number of carbonyl (C=O) groups is 1. The van der Waals surface area contributed by atoms with Gasteiger partial charge in [0.05, 0.1) is 47.3 Å². The zero-order chi connectivity index (χ0) is 35.8. The third kappa shape index (κ3) is 8.62. The van der Waals surface area contributed by atoms with E-state index in [0.29, 0.717) is 18.6 Å². The fourth-order valence-electron chi connectivity index (χ4n) is 5.29. The van der Waals surface area contributed by atoms with Crippen LogP contribution in [0.4, 0.5) is 50.0 Å². The summed E-state index contributed by atoms with van der Waals surface area (Å²) in [6, 6.07) is 1.88. The van der Waals surface area contributed by atoms with Gasteiger partial charge in [-0.15, -0.1) is 10.7 Å². The number of nitrogens with one attached hydrogen (secondary N) is 2. The van der Waals surface area contributed by atoms with Gasteiger partial charge in [0.25, 0.3) is 0 Å². The molecule has 1 saturated heterocycles. The van der Waals surface area contributed by atoms with Gasteiger partial charge in [-0.2, -0.15) is 39.5 Å². The topological polar surface area (TPSA) is 107 Å². The number of fused-ring (bicyclic) bond motifs is 1. The molecule has 0 aromatic heterocycles. The van der Waals surface area contributed by atoms with Crippen molar-refractivity contribution in [2.45, 2.75) is 63.8 Å². The number of aliphatic imine (C=N–C) groups is 1. The molecule has 4 rings (SSSR count). The van der Waals surface area contributed by atoms with Crippen molar-refractivity contribution in [1.82, 2.24) is 21.1 Å². The highest BCUT2D eigenvalue weighted by Crippen LogP contribution is 2.44. The summed E-state index contributed by atoms with van der Waals surface area (Å²) >= 11 is 0. The Morgan fingerprint density at radius 3 is 2.06 bits per heavy atom. The van der Waals surface area contributed by atoms with E-state index >= 15 is 0 Å². The Labute approximate surface area is 269 Å². The van der Waals surface area contributed by atoms with Crippen LogP contribution in [0, 0.1) is 0 Å². The second kappa shape index (κ2) is 13.6. The zero-order valence-electron chi connectivity index (χ0n) is 25.6. The molecule has 0 aliphatic carbocycles. The first-order chi connectivity index (χ1) is 22.1. The van der Waals surface area contributed by atoms with E-state index in [2.05, 4.69) is 16.0 Å². The van der Waals surface area contributed by atoms with Gasteiger partial charge < -0.3 is 4.74 Å². The predicted octanol–water partition coefficient (Wildman–Crippen LogP) is 6.07. The van der Waals surface area contributed by atoms with Gasteiger partial charge in [-0.05, 0) is 61.7 Å². The Bertz CT molecular complexity index is 1610. The minimum Gasteiger partial charge on any atom is -0.449 e. The molecule has 2 aliphatic rings. The Morgan fingerprint density at radius 2 is 1.54 bits per heavy atom. The summed E-state index contributed by atoms with van der Waals surface area (Å²) in [7, 11) is -3.62. The molecule has 2 heterocycles. The SMILES string of the molecule is CCOC(=O)N1c2ccc(C(F)(F)F)cc2[C@@H](N=C2NNN(CCS(C)(=O)=O)N2Cc2cc(C(F)(F)F)cc(C(F)(F)F)c2)C[C@H]1CC. The molecule has 0 radical (unpaired) electrons. The lowest BCUT2D eigenvalue weighted by Crippen LogP contribution is -2.46. The summed E-state index contributed by atoms with van der Waals surface area (Å²) in [6.45, 7) is 2.19. The van der Waals surface area contributed by atoms with E-state index in [0.717, 1.165) is 34.6 Å². The summed E-state index contributed by atoms with van der Waals surface area (Å²) in [6.07, 6.45) is -14.7. The van der Waals surface area contributed by atoms with Crippen LogP contribution in [0.15, 0.2) is 41.4 Å². The van der Waals surface area contributed by atoms with Crippen LogP contribution in [-0.4, -0.2) is 61.8 Å². The number of hydrogen-bond acceptors (Lipinski definition) is 7. The number of benzene rings is 2. The standard InChI is InChI=1S/C28H31F9N6O4S/c1-4-20-14-22(21-13-17(26(29,30)31)6-7-23(21)43(20)25(44)47-5-2)38-24-39-40-42(8-9-48(3,45)46)41(24)15-16-10-18(27(32,33)34)12-19(11-16)28(35,36)37/h6-7,10-13,20,22,40H,4-5,8-9,14-15H2,1-3H3,(H,38,39)/t20-,22+/m1/s1. The number of hydrogen-bond donors (Lipinski definition) is 2. The molecule has 2 aromatic carbocycles. The van der Waals surface area contributed by atoms with E-state index in [1.165, 1.54) is 4.90 Å². The number of nitrogens with zero attached hydrogens (tertiary/aromatic N) is 4. The molecule has 48 heavy (non-hydrogen) atoms.